The van der Waals surface area contributed by atoms with Gasteiger partial charge in [-0.15, -0.1) is 0 Å². The summed E-state index contributed by atoms with van der Waals surface area (Å²) < 4.78 is 1.92. The van der Waals surface area contributed by atoms with E-state index in [1.807, 2.05) is 53.4 Å². The quantitative estimate of drug-likeness (QED) is 0.747. The monoisotopic (exact) mass is 198 g/mol. The van der Waals surface area contributed by atoms with Crippen LogP contribution in [-0.2, 0) is 4.79 Å². The van der Waals surface area contributed by atoms with Crippen LogP contribution >= 0.6 is 0 Å². The van der Waals surface area contributed by atoms with Gasteiger partial charge in [-0.05, 0) is 18.2 Å². The van der Waals surface area contributed by atoms with E-state index in [9.17, 15) is 4.79 Å². The Labute approximate surface area is 87.3 Å². The predicted octanol–water partition coefficient (Wildman–Crippen LogP) is 2.03. The molecule has 0 saturated carbocycles. The Morgan fingerprint density at radius 3 is 2.60 bits per heavy atom. The summed E-state index contributed by atoms with van der Waals surface area (Å²) in [5.74, 6) is 0.0346. The summed E-state index contributed by atoms with van der Waals surface area (Å²) in [5, 5.41) is 2.88. The van der Waals surface area contributed by atoms with Gasteiger partial charge in [0.15, 0.2) is 0 Å². The minimum Gasteiger partial charge on any atom is -0.338 e. The lowest BCUT2D eigenvalue weighted by molar-refractivity contribution is -0.117. The summed E-state index contributed by atoms with van der Waals surface area (Å²) in [4.78, 5) is 11.8. The Morgan fingerprint density at radius 2 is 1.80 bits per heavy atom. The van der Waals surface area contributed by atoms with Crippen LogP contribution in [0.25, 0.3) is 0 Å². The molecule has 0 saturated heterocycles. The molecule has 2 aromatic rings. The van der Waals surface area contributed by atoms with Gasteiger partial charge in [-0.3, -0.25) is 4.79 Å². The van der Waals surface area contributed by atoms with Gasteiger partial charge in [0, 0.05) is 23.6 Å². The zero-order chi connectivity index (χ0) is 10.3. The second-order valence-corrected chi connectivity index (χ2v) is 3.61. The van der Waals surface area contributed by atoms with Gasteiger partial charge in [-0.1, -0.05) is 18.2 Å². The normalized spacial score (nSPS) is 18.7. The van der Waals surface area contributed by atoms with Gasteiger partial charge in [-0.25, -0.2) is 0 Å². The number of para-hydroxylation sites is 1. The Morgan fingerprint density at radius 1 is 1.07 bits per heavy atom. The number of nitrogens with one attached hydrogen (secondary N) is 1. The average molecular weight is 198 g/mol. The molecule has 0 fully saturated rings. The maximum Gasteiger partial charge on any atom is 0.252 e. The molecule has 1 aromatic carbocycles. The molecule has 0 unspecified atom stereocenters. The van der Waals surface area contributed by atoms with Gasteiger partial charge in [0.2, 0.25) is 0 Å². The summed E-state index contributed by atoms with van der Waals surface area (Å²) in [5.41, 5.74) is 1.96. The molecule has 1 aromatic heterocycles. The molecule has 1 aliphatic heterocycles. The molecule has 3 rings (SSSR count). The fourth-order valence-corrected chi connectivity index (χ4v) is 2.01. The van der Waals surface area contributed by atoms with Crippen LogP contribution in [0.5, 0.6) is 0 Å². The standard InChI is InChI=1S/C12H10N2O/c15-12-11(14-7-3-4-8-14)9-5-1-2-6-10(9)13-12/h1-8,11H,(H,13,15)/t11-/m0/s1. The topological polar surface area (TPSA) is 34.0 Å². The molecular formula is C12H10N2O. The van der Waals surface area contributed by atoms with Gasteiger partial charge in [0.25, 0.3) is 5.91 Å². The van der Waals surface area contributed by atoms with Gasteiger partial charge in [-0.2, -0.15) is 0 Å². The third-order valence-corrected chi connectivity index (χ3v) is 2.69. The zero-order valence-corrected chi connectivity index (χ0v) is 8.05. The number of amides is 1. The molecule has 3 nitrogen and oxygen atoms in total. The van der Waals surface area contributed by atoms with Crippen LogP contribution in [0.2, 0.25) is 0 Å². The van der Waals surface area contributed by atoms with Crippen molar-refractivity contribution in [2.45, 2.75) is 6.04 Å². The maximum atomic E-state index is 11.8. The number of carbonyl (C=O) groups is 1. The summed E-state index contributed by atoms with van der Waals surface area (Å²) in [6.07, 6.45) is 3.82. The first-order valence-electron chi connectivity index (χ1n) is 4.88. The van der Waals surface area contributed by atoms with Crippen LogP contribution in [0.1, 0.15) is 11.6 Å². The zero-order valence-electron chi connectivity index (χ0n) is 8.05. The lowest BCUT2D eigenvalue weighted by Gasteiger charge is -2.10. The number of nitrogens with zero attached hydrogens (tertiary/aromatic N) is 1. The lowest BCUT2D eigenvalue weighted by Crippen LogP contribution is -2.18. The van der Waals surface area contributed by atoms with Crippen molar-refractivity contribution in [3.05, 3.63) is 54.4 Å². The van der Waals surface area contributed by atoms with Crippen LogP contribution in [0.15, 0.2) is 48.8 Å². The van der Waals surface area contributed by atoms with Gasteiger partial charge >= 0.3 is 0 Å². The van der Waals surface area contributed by atoms with E-state index in [1.165, 1.54) is 0 Å². The highest BCUT2D eigenvalue weighted by atomic mass is 16.2. The number of rotatable bonds is 1. The van der Waals surface area contributed by atoms with E-state index in [4.69, 9.17) is 0 Å². The second kappa shape index (κ2) is 2.98. The maximum absolute atomic E-state index is 11.8. The van der Waals surface area contributed by atoms with Crippen molar-refractivity contribution in [2.75, 3.05) is 5.32 Å². The number of hydrogen-bond acceptors (Lipinski definition) is 1. The van der Waals surface area contributed by atoms with E-state index in [-0.39, 0.29) is 11.9 Å². The number of fused-ring (bicyclic) bond motifs is 1. The molecule has 0 radical (unpaired) electrons. The average Bonchev–Trinajstić information content (AvgIpc) is 2.82. The molecule has 74 valence electrons. The first kappa shape index (κ1) is 8.29. The van der Waals surface area contributed by atoms with Crippen LogP contribution < -0.4 is 5.32 Å². The van der Waals surface area contributed by atoms with E-state index < -0.39 is 0 Å². The van der Waals surface area contributed by atoms with Gasteiger partial charge < -0.3 is 9.88 Å². The third-order valence-electron chi connectivity index (χ3n) is 2.69. The largest absolute Gasteiger partial charge is 0.338 e. The van der Waals surface area contributed by atoms with Crippen molar-refractivity contribution >= 4 is 11.6 Å². The predicted molar refractivity (Wildman–Crippen MR) is 57.6 cm³/mol. The Bertz CT molecular complexity index is 502. The molecule has 0 spiro atoms. The molecule has 15 heavy (non-hydrogen) atoms. The fraction of sp³-hybridized carbons (Fsp3) is 0.0833. The smallest absolute Gasteiger partial charge is 0.252 e. The molecule has 0 bridgehead atoms. The van der Waals surface area contributed by atoms with Crippen LogP contribution in [0, 0.1) is 0 Å². The van der Waals surface area contributed by atoms with E-state index >= 15 is 0 Å². The third kappa shape index (κ3) is 1.16. The number of hydrogen-bond donors (Lipinski definition) is 1. The molecule has 1 amide bonds. The number of carbonyl (C=O) groups excluding carboxylic acids is 1. The summed E-state index contributed by atoms with van der Waals surface area (Å²) >= 11 is 0. The Balaban J connectivity index is 2.14. The van der Waals surface area contributed by atoms with E-state index in [1.54, 1.807) is 0 Å². The van der Waals surface area contributed by atoms with Crippen LogP contribution in [0.4, 0.5) is 5.69 Å². The van der Waals surface area contributed by atoms with Gasteiger partial charge in [0.1, 0.15) is 6.04 Å². The van der Waals surface area contributed by atoms with Crippen LogP contribution in [0.3, 0.4) is 0 Å². The summed E-state index contributed by atoms with van der Waals surface area (Å²) in [6, 6.07) is 11.4. The molecule has 1 aliphatic rings. The number of aromatic nitrogens is 1. The Hall–Kier alpha value is -2.03. The molecule has 1 atom stereocenters. The molecule has 2 heterocycles. The summed E-state index contributed by atoms with van der Waals surface area (Å²) in [6.45, 7) is 0. The first-order valence-corrected chi connectivity index (χ1v) is 4.88. The first-order chi connectivity index (χ1) is 7.36. The van der Waals surface area contributed by atoms with Crippen molar-refractivity contribution in [1.29, 1.82) is 0 Å². The minimum absolute atomic E-state index is 0.0346. The molecular weight excluding hydrogens is 188 g/mol. The highest BCUT2D eigenvalue weighted by Crippen LogP contribution is 2.32. The van der Waals surface area contributed by atoms with Crippen LogP contribution in [-0.4, -0.2) is 10.5 Å². The number of anilines is 1. The van der Waals surface area contributed by atoms with E-state index in [2.05, 4.69) is 5.32 Å². The summed E-state index contributed by atoms with van der Waals surface area (Å²) in [7, 11) is 0. The van der Waals surface area contributed by atoms with E-state index in [0.29, 0.717) is 0 Å². The van der Waals surface area contributed by atoms with Crippen molar-refractivity contribution in [1.82, 2.24) is 4.57 Å². The lowest BCUT2D eigenvalue weighted by atomic mass is 10.1. The molecule has 3 heteroatoms. The van der Waals surface area contributed by atoms with Crippen molar-refractivity contribution in [3.63, 3.8) is 0 Å². The van der Waals surface area contributed by atoms with Crippen molar-refractivity contribution in [3.8, 4) is 0 Å². The Kier molecular flexibility index (Phi) is 1.65. The van der Waals surface area contributed by atoms with Gasteiger partial charge in [0.05, 0.1) is 0 Å². The van der Waals surface area contributed by atoms with E-state index in [0.717, 1.165) is 11.3 Å². The second-order valence-electron chi connectivity index (χ2n) is 3.61. The number of benzene rings is 1. The minimum atomic E-state index is -0.212. The molecule has 1 N–H and O–H groups in total. The fourth-order valence-electron chi connectivity index (χ4n) is 2.01. The van der Waals surface area contributed by atoms with Crippen molar-refractivity contribution in [2.24, 2.45) is 0 Å². The molecule has 0 aliphatic carbocycles. The SMILES string of the molecule is O=C1Nc2ccccc2[C@@H]1n1cccc1. The highest BCUT2D eigenvalue weighted by molar-refractivity contribution is 6.02. The highest BCUT2D eigenvalue weighted by Gasteiger charge is 2.30. The van der Waals surface area contributed by atoms with Crippen molar-refractivity contribution < 1.29 is 4.79 Å².